The van der Waals surface area contributed by atoms with Crippen LogP contribution in [0.25, 0.3) is 0 Å². The number of nitrogens with zero attached hydrogens (tertiary/aromatic N) is 1. The molecule has 2 amide bonds. The van der Waals surface area contributed by atoms with E-state index < -0.39 is 5.97 Å². The molecule has 8 nitrogen and oxygen atoms in total. The highest BCUT2D eigenvalue weighted by Crippen LogP contribution is 2.68. The number of ether oxygens (including phenoxy) is 1. The number of methoxy groups -OCH3 is 1. The van der Waals surface area contributed by atoms with E-state index in [1.807, 2.05) is 24.3 Å². The van der Waals surface area contributed by atoms with Gasteiger partial charge in [-0.3, -0.25) is 24.1 Å². The molecular formula is C24H24N2O6S2. The zero-order valence-corrected chi connectivity index (χ0v) is 20.1. The van der Waals surface area contributed by atoms with Crippen molar-refractivity contribution in [3.8, 4) is 5.75 Å². The van der Waals surface area contributed by atoms with Crippen molar-refractivity contribution in [1.29, 1.82) is 0 Å². The maximum atomic E-state index is 13.4. The van der Waals surface area contributed by atoms with Crippen LogP contribution in [-0.2, 0) is 14.4 Å². The van der Waals surface area contributed by atoms with Crippen LogP contribution in [-0.4, -0.2) is 51.7 Å². The first-order chi connectivity index (χ1) is 16.4. The molecular weight excluding hydrogens is 476 g/mol. The number of carboxylic acids is 1. The third kappa shape index (κ3) is 3.04. The van der Waals surface area contributed by atoms with Gasteiger partial charge in [-0.15, -0.1) is 11.8 Å². The number of para-hydroxylation sites is 1. The predicted octanol–water partition coefficient (Wildman–Crippen LogP) is 2.78. The number of fused-ring (bicyclic) bond motifs is 9. The molecule has 2 N–H and O–H groups in total. The fraction of sp³-hybridized carbons (Fsp3) is 0.500. The molecule has 6 unspecified atom stereocenters. The lowest BCUT2D eigenvalue weighted by Gasteiger charge is -2.43. The van der Waals surface area contributed by atoms with Crippen molar-refractivity contribution < 1.29 is 24.2 Å². The molecule has 2 saturated carbocycles. The number of thiazole rings is 1. The Labute approximate surface area is 203 Å². The molecule has 2 aliphatic heterocycles. The van der Waals surface area contributed by atoms with Crippen molar-refractivity contribution >= 4 is 40.9 Å². The second kappa shape index (κ2) is 7.98. The van der Waals surface area contributed by atoms with Crippen molar-refractivity contribution in [1.82, 2.24) is 9.88 Å². The Hall–Kier alpha value is -2.59. The Kier molecular flexibility index (Phi) is 5.14. The van der Waals surface area contributed by atoms with Crippen LogP contribution in [0.15, 0.2) is 34.1 Å². The number of aromatic nitrogens is 1. The van der Waals surface area contributed by atoms with Gasteiger partial charge in [0, 0.05) is 34.6 Å². The number of rotatable bonds is 6. The molecule has 1 aromatic carbocycles. The number of likely N-dealkylation sites (tertiary alicyclic amines) is 1. The van der Waals surface area contributed by atoms with Crippen molar-refractivity contribution in [3.05, 3.63) is 44.4 Å². The van der Waals surface area contributed by atoms with Crippen LogP contribution in [0.4, 0.5) is 0 Å². The predicted molar refractivity (Wildman–Crippen MR) is 125 cm³/mol. The highest BCUT2D eigenvalue weighted by molar-refractivity contribution is 8.00. The smallest absolute Gasteiger partial charge is 0.305 e. The third-order valence-electron chi connectivity index (χ3n) is 8.06. The highest BCUT2D eigenvalue weighted by atomic mass is 32.2. The lowest BCUT2D eigenvalue weighted by Crippen LogP contribution is -2.42. The normalized spacial score (nSPS) is 33.1. The Bertz CT molecular complexity index is 1250. The maximum Gasteiger partial charge on any atom is 0.305 e. The van der Waals surface area contributed by atoms with Gasteiger partial charge in [0.05, 0.1) is 24.0 Å². The summed E-state index contributed by atoms with van der Waals surface area (Å²) in [4.78, 5) is 55.2. The summed E-state index contributed by atoms with van der Waals surface area (Å²) in [7, 11) is 1.64. The molecule has 0 radical (unpaired) electrons. The number of carbonyl (C=O) groups excluding carboxylic acids is 2. The van der Waals surface area contributed by atoms with Crippen molar-refractivity contribution in [3.63, 3.8) is 0 Å². The lowest BCUT2D eigenvalue weighted by molar-refractivity contribution is -0.142. The minimum atomic E-state index is -0.929. The Balaban J connectivity index is 1.39. The molecule has 10 heteroatoms. The molecule has 3 fully saturated rings. The summed E-state index contributed by atoms with van der Waals surface area (Å²) < 4.78 is 5.69. The van der Waals surface area contributed by atoms with Gasteiger partial charge in [0.2, 0.25) is 11.8 Å². The van der Waals surface area contributed by atoms with Gasteiger partial charge >= 0.3 is 10.8 Å². The number of carboxylic acid groups (broad SMARTS) is 1. The standard InChI is InChI=1S/C24H24N2O6S2/c1-32-13-6-3-2-5-10(13)15-16-11-9-12(19(16)33-21-20(15)34-24(31)25-21)18-17(11)22(29)26(23(18)30)8-4-7-14(27)28/h2-3,5-6,11-12,15-19H,4,7-9H2,1H3,(H,25,31)(H,27,28)/t11?,12?,15-,16?,17?,18?,19?/m1/s1. The number of aromatic amines is 1. The number of thioether (sulfide) groups is 1. The summed E-state index contributed by atoms with van der Waals surface area (Å²) in [6, 6.07) is 7.84. The minimum Gasteiger partial charge on any atom is -0.496 e. The number of amides is 2. The van der Waals surface area contributed by atoms with E-state index >= 15 is 0 Å². The molecule has 7 atom stereocenters. The van der Waals surface area contributed by atoms with Crippen molar-refractivity contribution in [2.45, 2.75) is 35.5 Å². The van der Waals surface area contributed by atoms with Crippen LogP contribution < -0.4 is 9.61 Å². The number of imide groups is 1. The van der Waals surface area contributed by atoms with Gasteiger partial charge in [0.15, 0.2) is 0 Å². The van der Waals surface area contributed by atoms with Crippen molar-refractivity contribution in [2.75, 3.05) is 13.7 Å². The van der Waals surface area contributed by atoms with E-state index in [9.17, 15) is 19.2 Å². The molecule has 4 aliphatic rings. The molecule has 2 bridgehead atoms. The van der Waals surface area contributed by atoms with E-state index in [1.54, 1.807) is 18.9 Å². The number of hydrogen-bond donors (Lipinski definition) is 2. The number of nitrogens with one attached hydrogen (secondary N) is 1. The second-order valence-electron chi connectivity index (χ2n) is 9.53. The van der Waals surface area contributed by atoms with E-state index in [-0.39, 0.29) is 76.8 Å². The van der Waals surface area contributed by atoms with Gasteiger partial charge in [0.1, 0.15) is 5.75 Å². The van der Waals surface area contributed by atoms with Crippen LogP contribution >= 0.6 is 23.1 Å². The molecule has 2 aromatic rings. The molecule has 6 rings (SSSR count). The molecule has 1 aromatic heterocycles. The first-order valence-electron chi connectivity index (χ1n) is 11.5. The highest BCUT2D eigenvalue weighted by Gasteiger charge is 2.69. The number of H-pyrrole nitrogens is 1. The summed E-state index contributed by atoms with van der Waals surface area (Å²) >= 11 is 2.88. The molecule has 0 spiro atoms. The van der Waals surface area contributed by atoms with E-state index in [4.69, 9.17) is 9.84 Å². The van der Waals surface area contributed by atoms with E-state index in [1.165, 1.54) is 16.2 Å². The van der Waals surface area contributed by atoms with Gasteiger partial charge in [-0.25, -0.2) is 0 Å². The summed E-state index contributed by atoms with van der Waals surface area (Å²) in [6.45, 7) is 0.162. The molecule has 1 saturated heterocycles. The summed E-state index contributed by atoms with van der Waals surface area (Å²) in [5, 5.41) is 9.94. The summed E-state index contributed by atoms with van der Waals surface area (Å²) in [5.41, 5.74) is 1.01. The van der Waals surface area contributed by atoms with Gasteiger partial charge in [-0.1, -0.05) is 29.5 Å². The van der Waals surface area contributed by atoms with Gasteiger partial charge < -0.3 is 14.8 Å². The third-order valence-corrected chi connectivity index (χ3v) is 10.6. The monoisotopic (exact) mass is 500 g/mol. The van der Waals surface area contributed by atoms with E-state index in [0.29, 0.717) is 0 Å². The zero-order valence-electron chi connectivity index (χ0n) is 18.4. The zero-order chi connectivity index (χ0) is 23.7. The van der Waals surface area contributed by atoms with Gasteiger partial charge in [-0.05, 0) is 36.7 Å². The van der Waals surface area contributed by atoms with Crippen LogP contribution in [0.3, 0.4) is 0 Å². The van der Waals surface area contributed by atoms with Crippen LogP contribution in [0.2, 0.25) is 0 Å². The molecule has 2 aliphatic carbocycles. The second-order valence-corrected chi connectivity index (χ2v) is 11.7. The Morgan fingerprint density at radius 1 is 1.18 bits per heavy atom. The summed E-state index contributed by atoms with van der Waals surface area (Å²) in [6.07, 6.45) is 1.03. The number of aliphatic carboxylic acids is 1. The first kappa shape index (κ1) is 21.9. The average Bonchev–Trinajstić information content (AvgIpc) is 3.54. The quantitative estimate of drug-likeness (QED) is 0.586. The minimum absolute atomic E-state index is 0.0358. The average molecular weight is 501 g/mol. The Morgan fingerprint density at radius 2 is 1.91 bits per heavy atom. The van der Waals surface area contributed by atoms with Crippen LogP contribution in [0.1, 0.15) is 35.6 Å². The largest absolute Gasteiger partial charge is 0.496 e. The van der Waals surface area contributed by atoms with Crippen molar-refractivity contribution in [2.24, 2.45) is 29.6 Å². The maximum absolute atomic E-state index is 13.4. The number of carbonyl (C=O) groups is 3. The number of benzene rings is 1. The topological polar surface area (TPSA) is 117 Å². The molecule has 34 heavy (non-hydrogen) atoms. The van der Waals surface area contributed by atoms with Crippen LogP contribution in [0.5, 0.6) is 5.75 Å². The van der Waals surface area contributed by atoms with Gasteiger partial charge in [-0.2, -0.15) is 0 Å². The molecule has 3 heterocycles. The SMILES string of the molecule is COc1ccccc1[C@H]1c2sc(=O)[nH]c2SC2C3CC(C4C(=O)N(CCCC(=O)O)C(=O)C34)C21. The van der Waals surface area contributed by atoms with E-state index in [2.05, 4.69) is 4.98 Å². The molecule has 178 valence electrons. The van der Waals surface area contributed by atoms with E-state index in [0.717, 1.165) is 27.6 Å². The van der Waals surface area contributed by atoms with Gasteiger partial charge in [0.25, 0.3) is 0 Å². The fourth-order valence-electron chi connectivity index (χ4n) is 6.96. The first-order valence-corrected chi connectivity index (χ1v) is 13.2. The Morgan fingerprint density at radius 3 is 2.65 bits per heavy atom. The number of hydrogen-bond acceptors (Lipinski definition) is 7. The fourth-order valence-corrected chi connectivity index (χ4v) is 9.84. The van der Waals surface area contributed by atoms with Crippen LogP contribution in [0, 0.1) is 29.6 Å². The lowest BCUT2D eigenvalue weighted by atomic mass is 9.68. The summed E-state index contributed by atoms with van der Waals surface area (Å²) in [5.74, 6) is -1.06.